The molecule has 0 N–H and O–H groups in total. The van der Waals surface area contributed by atoms with Crippen LogP contribution in [0.2, 0.25) is 0 Å². The number of unbranched alkanes of at least 4 members (excludes halogenated alkanes) is 20. The zero-order valence-corrected chi connectivity index (χ0v) is 51.5. The molecule has 450 valence electrons. The van der Waals surface area contributed by atoms with Gasteiger partial charge in [-0.25, -0.2) is 0 Å². The molecule has 0 aromatic rings. The van der Waals surface area contributed by atoms with Crippen LogP contribution in [0.3, 0.4) is 0 Å². The number of rotatable bonds is 57. The Hall–Kier alpha value is -4.97. The summed E-state index contributed by atoms with van der Waals surface area (Å²) >= 11 is 0. The van der Waals surface area contributed by atoms with E-state index >= 15 is 0 Å². The van der Waals surface area contributed by atoms with Crippen molar-refractivity contribution in [2.75, 3.05) is 13.2 Å². The molecule has 6 nitrogen and oxygen atoms in total. The third-order valence-electron chi connectivity index (χ3n) is 13.2. The molecule has 0 aliphatic rings. The lowest BCUT2D eigenvalue weighted by atomic mass is 10.1. The fraction of sp³-hybridized carbons (Fsp3) is 0.608. The van der Waals surface area contributed by atoms with Crippen LogP contribution in [0.1, 0.15) is 271 Å². The average molecular weight is 1100 g/mol. The van der Waals surface area contributed by atoms with Crippen LogP contribution in [-0.2, 0) is 28.6 Å². The van der Waals surface area contributed by atoms with Gasteiger partial charge in [-0.2, -0.15) is 0 Å². The van der Waals surface area contributed by atoms with Crippen LogP contribution in [0, 0.1) is 0 Å². The summed E-state index contributed by atoms with van der Waals surface area (Å²) in [7, 11) is 0. The molecule has 0 aliphatic carbocycles. The van der Waals surface area contributed by atoms with Gasteiger partial charge in [0.25, 0.3) is 0 Å². The van der Waals surface area contributed by atoms with Crippen LogP contribution in [0.5, 0.6) is 0 Å². The lowest BCUT2D eigenvalue weighted by molar-refractivity contribution is -0.167. The Morgan fingerprint density at radius 1 is 0.263 bits per heavy atom. The predicted octanol–water partition coefficient (Wildman–Crippen LogP) is 22.5. The van der Waals surface area contributed by atoms with E-state index in [4.69, 9.17) is 14.2 Å². The van der Waals surface area contributed by atoms with Crippen molar-refractivity contribution < 1.29 is 28.6 Å². The second kappa shape index (κ2) is 66.5. The summed E-state index contributed by atoms with van der Waals surface area (Å²) in [6.45, 7) is 6.34. The Balaban J connectivity index is 4.50. The molecular formula is C74H118O6. The first-order valence-corrected chi connectivity index (χ1v) is 32.5. The summed E-state index contributed by atoms with van der Waals surface area (Å²) < 4.78 is 16.9. The van der Waals surface area contributed by atoms with E-state index in [1.54, 1.807) is 0 Å². The molecule has 0 radical (unpaired) electrons. The molecular weight excluding hydrogens is 985 g/mol. The number of esters is 3. The maximum absolute atomic E-state index is 12.9. The maximum Gasteiger partial charge on any atom is 0.306 e. The molecule has 0 aromatic carbocycles. The number of allylic oxidation sites excluding steroid dienone is 26. The van der Waals surface area contributed by atoms with Gasteiger partial charge in [0.1, 0.15) is 13.2 Å². The van der Waals surface area contributed by atoms with Gasteiger partial charge in [0.05, 0.1) is 0 Å². The molecule has 0 heterocycles. The van der Waals surface area contributed by atoms with Gasteiger partial charge in [-0.1, -0.05) is 262 Å². The van der Waals surface area contributed by atoms with E-state index in [2.05, 4.69) is 179 Å². The minimum Gasteiger partial charge on any atom is -0.462 e. The van der Waals surface area contributed by atoms with Crippen molar-refractivity contribution in [3.8, 4) is 0 Å². The lowest BCUT2D eigenvalue weighted by Crippen LogP contribution is -2.30. The minimum absolute atomic E-state index is 0.110. The van der Waals surface area contributed by atoms with E-state index in [1.165, 1.54) is 70.6 Å². The van der Waals surface area contributed by atoms with E-state index in [1.807, 2.05) is 0 Å². The first kappa shape index (κ1) is 75.0. The quantitative estimate of drug-likeness (QED) is 0.0261. The number of carbonyl (C=O) groups is 3. The summed E-state index contributed by atoms with van der Waals surface area (Å²) in [6.07, 6.45) is 96.7. The first-order chi connectivity index (χ1) is 39.5. The highest BCUT2D eigenvalue weighted by Gasteiger charge is 2.19. The van der Waals surface area contributed by atoms with Crippen molar-refractivity contribution >= 4 is 17.9 Å². The molecule has 0 aromatic heterocycles. The Kier molecular flexibility index (Phi) is 62.4. The molecule has 80 heavy (non-hydrogen) atoms. The number of carbonyl (C=O) groups excluding carboxylic acids is 3. The molecule has 6 heteroatoms. The van der Waals surface area contributed by atoms with Crippen molar-refractivity contribution in [2.45, 2.75) is 277 Å². The molecule has 0 fully saturated rings. The number of ether oxygens (including phenoxy) is 3. The third kappa shape index (κ3) is 63.9. The van der Waals surface area contributed by atoms with Gasteiger partial charge in [0, 0.05) is 19.3 Å². The second-order valence-electron chi connectivity index (χ2n) is 20.9. The van der Waals surface area contributed by atoms with E-state index in [0.717, 1.165) is 154 Å². The van der Waals surface area contributed by atoms with Crippen molar-refractivity contribution in [1.82, 2.24) is 0 Å². The summed E-state index contributed by atoms with van der Waals surface area (Å²) in [4.78, 5) is 38.4. The van der Waals surface area contributed by atoms with Crippen LogP contribution in [-0.4, -0.2) is 37.2 Å². The van der Waals surface area contributed by atoms with Gasteiger partial charge < -0.3 is 14.2 Å². The Morgan fingerprint density at radius 3 is 0.787 bits per heavy atom. The zero-order chi connectivity index (χ0) is 57.8. The number of hydrogen-bond acceptors (Lipinski definition) is 6. The van der Waals surface area contributed by atoms with Crippen LogP contribution < -0.4 is 0 Å². The SMILES string of the molecule is CC/C=C\C/C=C\C/C=C\C/C=C\C/C=C\C/C=C\CCCCC(=O)OC(COC(=O)CCCCCCC/C=C\C/C=C\CCCCCC)COC(=O)CCCCCCCCCCC/C=C\C/C=C\C/C=C\C/C=C\C/C=C\CC. The molecule has 0 bridgehead atoms. The van der Waals surface area contributed by atoms with Crippen LogP contribution in [0.15, 0.2) is 158 Å². The summed E-state index contributed by atoms with van der Waals surface area (Å²) in [5, 5.41) is 0. The molecule has 0 amide bonds. The number of hydrogen-bond donors (Lipinski definition) is 0. The molecule has 0 rings (SSSR count). The minimum atomic E-state index is -0.819. The van der Waals surface area contributed by atoms with Gasteiger partial charge in [-0.3, -0.25) is 14.4 Å². The maximum atomic E-state index is 12.9. The van der Waals surface area contributed by atoms with Gasteiger partial charge in [-0.05, 0) is 148 Å². The van der Waals surface area contributed by atoms with Gasteiger partial charge in [-0.15, -0.1) is 0 Å². The highest BCUT2D eigenvalue weighted by Crippen LogP contribution is 2.14. The fourth-order valence-electron chi connectivity index (χ4n) is 8.44. The molecule has 0 aliphatic heterocycles. The smallest absolute Gasteiger partial charge is 0.306 e. The van der Waals surface area contributed by atoms with Crippen molar-refractivity contribution in [3.63, 3.8) is 0 Å². The van der Waals surface area contributed by atoms with E-state index < -0.39 is 6.10 Å². The van der Waals surface area contributed by atoms with Gasteiger partial charge in [0.2, 0.25) is 0 Å². The monoisotopic (exact) mass is 1100 g/mol. The summed E-state index contributed by atoms with van der Waals surface area (Å²) in [5.41, 5.74) is 0. The third-order valence-corrected chi connectivity index (χ3v) is 13.2. The molecule has 1 atom stereocenters. The van der Waals surface area contributed by atoms with E-state index in [0.29, 0.717) is 19.3 Å². The van der Waals surface area contributed by atoms with Crippen molar-refractivity contribution in [3.05, 3.63) is 158 Å². The normalized spacial score (nSPS) is 13.2. The summed E-state index contributed by atoms with van der Waals surface area (Å²) in [5.74, 6) is -0.975. The average Bonchev–Trinajstić information content (AvgIpc) is 3.46. The first-order valence-electron chi connectivity index (χ1n) is 32.5. The van der Waals surface area contributed by atoms with Crippen molar-refractivity contribution in [2.24, 2.45) is 0 Å². The Labute approximate surface area is 492 Å². The Bertz CT molecular complexity index is 1790. The second-order valence-corrected chi connectivity index (χ2v) is 20.9. The Morgan fingerprint density at radius 2 is 0.487 bits per heavy atom. The van der Waals surface area contributed by atoms with Gasteiger partial charge in [0.15, 0.2) is 6.10 Å². The standard InChI is InChI=1S/C74H118O6/c1-4-7-10-13-16-19-22-25-28-31-33-35-36-37-38-40-41-43-46-49-52-55-58-61-64-67-73(76)79-70-71(69-78-72(75)66-63-60-57-54-51-48-45-30-27-24-21-18-15-12-9-6-3)80-74(77)68-65-62-59-56-53-50-47-44-42-39-34-32-29-26-23-20-17-14-11-8-5-2/h7-8,10-11,16-17,19-21,24-26,28-30,33-35,37-39,44-45,47,53,56,71H,4-6,9,12-15,18,22-23,27,31-32,36,40-43,46,48-52,54-55,57-70H2,1-3H3/b10-7-,11-8-,19-16-,20-17-,24-21-,28-25-,29-26-,35-33-,38-37-,39-34-,45-30-,47-44-,56-53-. The van der Waals surface area contributed by atoms with Crippen LogP contribution in [0.4, 0.5) is 0 Å². The zero-order valence-electron chi connectivity index (χ0n) is 51.5. The van der Waals surface area contributed by atoms with Gasteiger partial charge >= 0.3 is 17.9 Å². The molecule has 0 saturated heterocycles. The fourth-order valence-corrected chi connectivity index (χ4v) is 8.44. The lowest BCUT2D eigenvalue weighted by Gasteiger charge is -2.18. The van der Waals surface area contributed by atoms with E-state index in [9.17, 15) is 14.4 Å². The molecule has 0 saturated carbocycles. The largest absolute Gasteiger partial charge is 0.462 e. The van der Waals surface area contributed by atoms with Crippen molar-refractivity contribution in [1.29, 1.82) is 0 Å². The van der Waals surface area contributed by atoms with Crippen LogP contribution in [0.25, 0.3) is 0 Å². The molecule has 0 spiro atoms. The summed E-state index contributed by atoms with van der Waals surface area (Å²) in [6, 6.07) is 0. The highest BCUT2D eigenvalue weighted by molar-refractivity contribution is 5.71. The highest BCUT2D eigenvalue weighted by atomic mass is 16.6. The van der Waals surface area contributed by atoms with E-state index in [-0.39, 0.29) is 37.5 Å². The predicted molar refractivity (Wildman–Crippen MR) is 348 cm³/mol. The molecule has 1 unspecified atom stereocenters. The van der Waals surface area contributed by atoms with Crippen LogP contribution >= 0.6 is 0 Å². The topological polar surface area (TPSA) is 78.9 Å².